The molecule has 18 heavy (non-hydrogen) atoms. The zero-order chi connectivity index (χ0) is 13.0. The standard InChI is InChI=1S/C10H12N6O2/c1-18-8-4-12-10(13-5-8)16-6-7(2-9(16)17)3-14-15-11/h4-5,7H,2-3,6H2,1H3. The molecule has 8 heteroatoms. The van der Waals surface area contributed by atoms with E-state index in [2.05, 4.69) is 20.0 Å². The van der Waals surface area contributed by atoms with E-state index >= 15 is 0 Å². The van der Waals surface area contributed by atoms with Gasteiger partial charge in [-0.05, 0) is 11.4 Å². The van der Waals surface area contributed by atoms with Crippen molar-refractivity contribution in [1.29, 1.82) is 0 Å². The number of anilines is 1. The highest BCUT2D eigenvalue weighted by Crippen LogP contribution is 2.22. The van der Waals surface area contributed by atoms with Gasteiger partial charge in [0.25, 0.3) is 0 Å². The van der Waals surface area contributed by atoms with Crippen LogP contribution in [-0.4, -0.2) is 36.1 Å². The monoisotopic (exact) mass is 248 g/mol. The Bertz CT molecular complexity index is 482. The molecule has 1 aliphatic heterocycles. The van der Waals surface area contributed by atoms with Crippen LogP contribution in [0.4, 0.5) is 5.95 Å². The fourth-order valence-corrected chi connectivity index (χ4v) is 1.80. The van der Waals surface area contributed by atoms with Crippen molar-refractivity contribution in [2.24, 2.45) is 11.0 Å². The predicted molar refractivity (Wildman–Crippen MR) is 63.1 cm³/mol. The third kappa shape index (κ3) is 2.49. The first-order chi connectivity index (χ1) is 8.74. The Kier molecular flexibility index (Phi) is 3.59. The number of amides is 1. The fourth-order valence-electron chi connectivity index (χ4n) is 1.80. The lowest BCUT2D eigenvalue weighted by atomic mass is 10.1. The van der Waals surface area contributed by atoms with Crippen molar-refractivity contribution < 1.29 is 9.53 Å². The average molecular weight is 248 g/mol. The van der Waals surface area contributed by atoms with E-state index in [1.807, 2.05) is 0 Å². The summed E-state index contributed by atoms with van der Waals surface area (Å²) in [6.07, 6.45) is 3.38. The molecule has 2 rings (SSSR count). The first-order valence-electron chi connectivity index (χ1n) is 5.42. The fraction of sp³-hybridized carbons (Fsp3) is 0.500. The van der Waals surface area contributed by atoms with Gasteiger partial charge in [0, 0.05) is 24.4 Å². The first kappa shape index (κ1) is 12.1. The molecule has 0 aliphatic carbocycles. The number of aromatic nitrogens is 2. The van der Waals surface area contributed by atoms with Crippen LogP contribution in [0.5, 0.6) is 5.75 Å². The lowest BCUT2D eigenvalue weighted by molar-refractivity contribution is -0.117. The highest BCUT2D eigenvalue weighted by atomic mass is 16.5. The number of methoxy groups -OCH3 is 1. The minimum atomic E-state index is -0.0571. The van der Waals surface area contributed by atoms with Gasteiger partial charge in [0.2, 0.25) is 11.9 Å². The molecule has 1 aromatic rings. The van der Waals surface area contributed by atoms with E-state index in [0.29, 0.717) is 31.2 Å². The summed E-state index contributed by atoms with van der Waals surface area (Å²) >= 11 is 0. The maximum absolute atomic E-state index is 11.8. The molecule has 2 heterocycles. The van der Waals surface area contributed by atoms with Crippen LogP contribution in [0.3, 0.4) is 0 Å². The van der Waals surface area contributed by atoms with Crippen LogP contribution in [0.25, 0.3) is 10.4 Å². The quantitative estimate of drug-likeness (QED) is 0.452. The minimum Gasteiger partial charge on any atom is -0.494 e. The van der Waals surface area contributed by atoms with Crippen molar-refractivity contribution in [2.45, 2.75) is 6.42 Å². The molecule has 8 nitrogen and oxygen atoms in total. The molecule has 0 aromatic carbocycles. The maximum atomic E-state index is 11.8. The normalized spacial score (nSPS) is 18.6. The van der Waals surface area contributed by atoms with Crippen LogP contribution in [0.15, 0.2) is 17.5 Å². The molecule has 1 amide bonds. The lowest BCUT2D eigenvalue weighted by Gasteiger charge is -2.13. The van der Waals surface area contributed by atoms with Gasteiger partial charge in [0.1, 0.15) is 0 Å². The van der Waals surface area contributed by atoms with Crippen LogP contribution in [0, 0.1) is 5.92 Å². The van der Waals surface area contributed by atoms with Gasteiger partial charge in [-0.15, -0.1) is 0 Å². The molecule has 1 aliphatic rings. The summed E-state index contributed by atoms with van der Waals surface area (Å²) in [6, 6.07) is 0. The van der Waals surface area contributed by atoms with E-state index in [4.69, 9.17) is 10.3 Å². The van der Waals surface area contributed by atoms with Gasteiger partial charge >= 0.3 is 0 Å². The molecule has 0 N–H and O–H groups in total. The number of hydrogen-bond acceptors (Lipinski definition) is 5. The Labute approximate surface area is 103 Å². The van der Waals surface area contributed by atoms with Crippen molar-refractivity contribution >= 4 is 11.9 Å². The number of carbonyl (C=O) groups is 1. The molecule has 0 spiro atoms. The molecular formula is C10H12N6O2. The predicted octanol–water partition coefficient (Wildman–Crippen LogP) is 1.15. The Hall–Kier alpha value is -2.34. The molecule has 1 aromatic heterocycles. The SMILES string of the molecule is COc1cnc(N2CC(CN=[N+]=[N-])CC2=O)nc1. The van der Waals surface area contributed by atoms with Gasteiger partial charge in [0.05, 0.1) is 19.5 Å². The summed E-state index contributed by atoms with van der Waals surface area (Å²) in [5.41, 5.74) is 8.25. The summed E-state index contributed by atoms with van der Waals surface area (Å²) in [4.78, 5) is 24.1. The van der Waals surface area contributed by atoms with Gasteiger partial charge in [-0.25, -0.2) is 9.97 Å². The second-order valence-electron chi connectivity index (χ2n) is 3.91. The summed E-state index contributed by atoms with van der Waals surface area (Å²) < 4.78 is 4.95. The van der Waals surface area contributed by atoms with Crippen molar-refractivity contribution in [2.75, 3.05) is 25.1 Å². The zero-order valence-electron chi connectivity index (χ0n) is 9.85. The molecular weight excluding hydrogens is 236 g/mol. The van der Waals surface area contributed by atoms with Crippen molar-refractivity contribution in [3.8, 4) is 5.75 Å². The third-order valence-electron chi connectivity index (χ3n) is 2.70. The Morgan fingerprint density at radius 2 is 2.33 bits per heavy atom. The molecule has 94 valence electrons. The van der Waals surface area contributed by atoms with Gasteiger partial charge < -0.3 is 4.74 Å². The summed E-state index contributed by atoms with van der Waals surface area (Å²) in [5, 5.41) is 3.48. The number of ether oxygens (including phenoxy) is 1. The number of hydrogen-bond donors (Lipinski definition) is 0. The van der Waals surface area contributed by atoms with E-state index in [0.717, 1.165) is 0 Å². The minimum absolute atomic E-state index is 0.0269. The number of rotatable bonds is 4. The smallest absolute Gasteiger partial charge is 0.232 e. The van der Waals surface area contributed by atoms with E-state index in [1.165, 1.54) is 24.4 Å². The first-order valence-corrected chi connectivity index (χ1v) is 5.42. The Balaban J connectivity index is 2.08. The van der Waals surface area contributed by atoms with Crippen molar-refractivity contribution in [3.63, 3.8) is 0 Å². The van der Waals surface area contributed by atoms with Gasteiger partial charge in [-0.3, -0.25) is 9.69 Å². The van der Waals surface area contributed by atoms with E-state index in [1.54, 1.807) is 0 Å². The molecule has 1 unspecified atom stereocenters. The van der Waals surface area contributed by atoms with Gasteiger partial charge in [-0.1, -0.05) is 5.11 Å². The van der Waals surface area contributed by atoms with Gasteiger partial charge in [0.15, 0.2) is 5.75 Å². The maximum Gasteiger partial charge on any atom is 0.232 e. The summed E-state index contributed by atoms with van der Waals surface area (Å²) in [6.45, 7) is 0.791. The van der Waals surface area contributed by atoms with Crippen LogP contribution in [-0.2, 0) is 4.79 Å². The van der Waals surface area contributed by atoms with Crippen LogP contribution < -0.4 is 9.64 Å². The largest absolute Gasteiger partial charge is 0.494 e. The second-order valence-corrected chi connectivity index (χ2v) is 3.91. The molecule has 1 atom stereocenters. The van der Waals surface area contributed by atoms with Crippen LogP contribution in [0.1, 0.15) is 6.42 Å². The molecule has 1 saturated heterocycles. The van der Waals surface area contributed by atoms with E-state index in [9.17, 15) is 4.79 Å². The van der Waals surface area contributed by atoms with Crippen molar-refractivity contribution in [3.05, 3.63) is 22.8 Å². The average Bonchev–Trinajstić information content (AvgIpc) is 2.78. The van der Waals surface area contributed by atoms with Gasteiger partial charge in [-0.2, -0.15) is 0 Å². The van der Waals surface area contributed by atoms with Crippen molar-refractivity contribution in [1.82, 2.24) is 9.97 Å². The highest BCUT2D eigenvalue weighted by Gasteiger charge is 2.31. The number of azide groups is 1. The zero-order valence-corrected chi connectivity index (χ0v) is 9.85. The highest BCUT2D eigenvalue weighted by molar-refractivity contribution is 5.94. The summed E-state index contributed by atoms with van der Waals surface area (Å²) in [7, 11) is 1.52. The van der Waals surface area contributed by atoms with E-state index < -0.39 is 0 Å². The molecule has 0 saturated carbocycles. The topological polar surface area (TPSA) is 104 Å². The summed E-state index contributed by atoms with van der Waals surface area (Å²) in [5.74, 6) is 0.859. The Morgan fingerprint density at radius 1 is 1.61 bits per heavy atom. The second kappa shape index (κ2) is 5.33. The van der Waals surface area contributed by atoms with Crippen LogP contribution in [0.2, 0.25) is 0 Å². The van der Waals surface area contributed by atoms with E-state index in [-0.39, 0.29) is 11.8 Å². The molecule has 0 radical (unpaired) electrons. The Morgan fingerprint density at radius 3 is 2.94 bits per heavy atom. The van der Waals surface area contributed by atoms with Crippen LogP contribution >= 0.6 is 0 Å². The third-order valence-corrected chi connectivity index (χ3v) is 2.70. The molecule has 1 fully saturated rings. The number of nitrogens with zero attached hydrogens (tertiary/aromatic N) is 6. The number of carbonyl (C=O) groups excluding carboxylic acids is 1. The lowest BCUT2D eigenvalue weighted by Crippen LogP contribution is -2.26. The molecule has 0 bridgehead atoms.